The summed E-state index contributed by atoms with van der Waals surface area (Å²) in [7, 11) is -3.81. The SMILES string of the molecule is CCOC(=O)N1CCN(C(=O)C(C)N(c2cccc(F)c2)S(C)(=O)=O)CC1. The smallest absolute Gasteiger partial charge is 0.409 e. The summed E-state index contributed by atoms with van der Waals surface area (Å²) in [5.74, 6) is -1.00. The van der Waals surface area contributed by atoms with Crippen molar-refractivity contribution in [1.29, 1.82) is 0 Å². The van der Waals surface area contributed by atoms with Gasteiger partial charge in [0.1, 0.15) is 11.9 Å². The van der Waals surface area contributed by atoms with E-state index in [1.165, 1.54) is 34.9 Å². The minimum Gasteiger partial charge on any atom is -0.450 e. The Morgan fingerprint density at radius 1 is 1.22 bits per heavy atom. The standard InChI is InChI=1S/C17H24FN3O5S/c1-4-26-17(23)20-10-8-19(9-11-20)16(22)13(2)21(27(3,24)25)15-7-5-6-14(18)12-15/h5-7,12-13H,4,8-11H2,1-3H3. The zero-order valence-corrected chi connectivity index (χ0v) is 16.4. The Bertz CT molecular complexity index is 794. The third-order valence-electron chi connectivity index (χ3n) is 4.25. The molecule has 150 valence electrons. The lowest BCUT2D eigenvalue weighted by Crippen LogP contribution is -2.56. The quantitative estimate of drug-likeness (QED) is 0.742. The monoisotopic (exact) mass is 401 g/mol. The summed E-state index contributed by atoms with van der Waals surface area (Å²) in [6.45, 7) is 4.58. The molecule has 0 bridgehead atoms. The molecule has 0 aromatic heterocycles. The molecule has 0 N–H and O–H groups in total. The number of hydrogen-bond acceptors (Lipinski definition) is 5. The van der Waals surface area contributed by atoms with E-state index in [9.17, 15) is 22.4 Å². The highest BCUT2D eigenvalue weighted by Gasteiger charge is 2.34. The van der Waals surface area contributed by atoms with E-state index in [4.69, 9.17) is 4.74 Å². The molecule has 0 aliphatic carbocycles. The van der Waals surface area contributed by atoms with Crippen LogP contribution in [0.3, 0.4) is 0 Å². The van der Waals surface area contributed by atoms with Gasteiger partial charge in [-0.1, -0.05) is 6.07 Å². The fraction of sp³-hybridized carbons (Fsp3) is 0.529. The number of piperazine rings is 1. The number of anilines is 1. The Morgan fingerprint density at radius 2 is 1.81 bits per heavy atom. The second-order valence-corrected chi connectivity index (χ2v) is 8.09. The lowest BCUT2D eigenvalue weighted by Gasteiger charge is -2.37. The molecule has 1 aromatic rings. The zero-order valence-electron chi connectivity index (χ0n) is 15.6. The van der Waals surface area contributed by atoms with Gasteiger partial charge in [-0.15, -0.1) is 0 Å². The summed E-state index contributed by atoms with van der Waals surface area (Å²) in [5.41, 5.74) is 0.0866. The normalized spacial score (nSPS) is 16.0. The van der Waals surface area contributed by atoms with Gasteiger partial charge in [-0.3, -0.25) is 9.10 Å². The number of sulfonamides is 1. The van der Waals surface area contributed by atoms with Gasteiger partial charge >= 0.3 is 6.09 Å². The molecule has 1 aliphatic heterocycles. The zero-order chi connectivity index (χ0) is 20.2. The summed E-state index contributed by atoms with van der Waals surface area (Å²) < 4.78 is 43.9. The number of nitrogens with zero attached hydrogens (tertiary/aromatic N) is 3. The number of halogens is 1. The number of amides is 2. The molecule has 1 atom stereocenters. The van der Waals surface area contributed by atoms with Gasteiger partial charge in [0.2, 0.25) is 15.9 Å². The summed E-state index contributed by atoms with van der Waals surface area (Å²) in [4.78, 5) is 27.6. The van der Waals surface area contributed by atoms with Gasteiger partial charge in [-0.05, 0) is 32.0 Å². The number of benzene rings is 1. The molecular formula is C17H24FN3O5S. The molecule has 2 amide bonds. The summed E-state index contributed by atoms with van der Waals surface area (Å²) in [6, 6.07) is 4.05. The van der Waals surface area contributed by atoms with Crippen molar-refractivity contribution in [3.05, 3.63) is 30.1 Å². The van der Waals surface area contributed by atoms with Crippen LogP contribution in [0.15, 0.2) is 24.3 Å². The molecule has 1 fully saturated rings. The minimum absolute atomic E-state index is 0.0866. The van der Waals surface area contributed by atoms with Crippen LogP contribution < -0.4 is 4.31 Å². The first kappa shape index (κ1) is 20.9. The molecule has 0 saturated carbocycles. The molecular weight excluding hydrogens is 377 g/mol. The topological polar surface area (TPSA) is 87.2 Å². The number of rotatable bonds is 5. The van der Waals surface area contributed by atoms with Crippen molar-refractivity contribution in [2.75, 3.05) is 43.3 Å². The highest BCUT2D eigenvalue weighted by Crippen LogP contribution is 2.23. The van der Waals surface area contributed by atoms with Crippen molar-refractivity contribution < 1.29 is 27.1 Å². The molecule has 10 heteroatoms. The van der Waals surface area contributed by atoms with Gasteiger partial charge < -0.3 is 14.5 Å². The van der Waals surface area contributed by atoms with E-state index in [0.717, 1.165) is 16.6 Å². The van der Waals surface area contributed by atoms with E-state index < -0.39 is 33.9 Å². The summed E-state index contributed by atoms with van der Waals surface area (Å²) >= 11 is 0. The predicted octanol–water partition coefficient (Wildman–Crippen LogP) is 1.28. The van der Waals surface area contributed by atoms with Gasteiger partial charge in [-0.25, -0.2) is 17.6 Å². The fourth-order valence-corrected chi connectivity index (χ4v) is 4.17. The van der Waals surface area contributed by atoms with E-state index in [0.29, 0.717) is 13.1 Å². The van der Waals surface area contributed by atoms with Crippen LogP contribution in [0.25, 0.3) is 0 Å². The van der Waals surface area contributed by atoms with Gasteiger partial charge in [-0.2, -0.15) is 0 Å². The van der Waals surface area contributed by atoms with Crippen LogP contribution in [-0.4, -0.2) is 75.3 Å². The van der Waals surface area contributed by atoms with Crippen LogP contribution in [0.5, 0.6) is 0 Å². The first-order chi connectivity index (χ1) is 12.6. The maximum atomic E-state index is 13.6. The minimum atomic E-state index is -3.81. The molecule has 1 heterocycles. The summed E-state index contributed by atoms with van der Waals surface area (Å²) in [5, 5.41) is 0. The van der Waals surface area contributed by atoms with Crippen molar-refractivity contribution in [3.8, 4) is 0 Å². The second kappa shape index (κ2) is 8.55. The molecule has 1 aliphatic rings. The molecule has 2 rings (SSSR count). The molecule has 27 heavy (non-hydrogen) atoms. The highest BCUT2D eigenvalue weighted by molar-refractivity contribution is 7.92. The third-order valence-corrected chi connectivity index (χ3v) is 5.49. The van der Waals surface area contributed by atoms with Gasteiger partial charge in [0.25, 0.3) is 0 Å². The summed E-state index contributed by atoms with van der Waals surface area (Å²) in [6.07, 6.45) is 0.538. The predicted molar refractivity (Wildman–Crippen MR) is 98.4 cm³/mol. The van der Waals surface area contributed by atoms with Crippen LogP contribution in [0.1, 0.15) is 13.8 Å². The van der Waals surface area contributed by atoms with Gasteiger partial charge in [0, 0.05) is 26.2 Å². The van der Waals surface area contributed by atoms with E-state index in [2.05, 4.69) is 0 Å². The van der Waals surface area contributed by atoms with E-state index in [1.54, 1.807) is 6.92 Å². The van der Waals surface area contributed by atoms with E-state index in [1.807, 2.05) is 0 Å². The van der Waals surface area contributed by atoms with Crippen molar-refractivity contribution in [2.24, 2.45) is 0 Å². The number of ether oxygens (including phenoxy) is 1. The Kier molecular flexibility index (Phi) is 6.63. The lowest BCUT2D eigenvalue weighted by molar-refractivity contribution is -0.133. The molecule has 8 nitrogen and oxygen atoms in total. The van der Waals surface area contributed by atoms with Crippen LogP contribution in [0.4, 0.5) is 14.9 Å². The van der Waals surface area contributed by atoms with Crippen molar-refractivity contribution in [1.82, 2.24) is 9.80 Å². The van der Waals surface area contributed by atoms with Gasteiger partial charge in [0.05, 0.1) is 18.6 Å². The van der Waals surface area contributed by atoms with Crippen LogP contribution in [0.2, 0.25) is 0 Å². The Balaban J connectivity index is 2.13. The average molecular weight is 401 g/mol. The Morgan fingerprint density at radius 3 is 2.33 bits per heavy atom. The maximum Gasteiger partial charge on any atom is 0.409 e. The lowest BCUT2D eigenvalue weighted by atomic mass is 10.2. The van der Waals surface area contributed by atoms with Crippen molar-refractivity contribution >= 4 is 27.7 Å². The van der Waals surface area contributed by atoms with Crippen LogP contribution >= 0.6 is 0 Å². The maximum absolute atomic E-state index is 13.6. The Hall–Kier alpha value is -2.36. The Labute approximate surface area is 158 Å². The number of carbonyl (C=O) groups is 2. The van der Waals surface area contributed by atoms with Crippen molar-refractivity contribution in [3.63, 3.8) is 0 Å². The molecule has 1 saturated heterocycles. The van der Waals surface area contributed by atoms with Crippen LogP contribution in [-0.2, 0) is 19.6 Å². The first-order valence-corrected chi connectivity index (χ1v) is 10.5. The second-order valence-electron chi connectivity index (χ2n) is 6.23. The van der Waals surface area contributed by atoms with Crippen LogP contribution in [0, 0.1) is 5.82 Å². The fourth-order valence-electron chi connectivity index (χ4n) is 3.00. The number of carbonyl (C=O) groups excluding carboxylic acids is 2. The molecule has 0 spiro atoms. The van der Waals surface area contributed by atoms with Gasteiger partial charge in [0.15, 0.2) is 0 Å². The average Bonchev–Trinajstić information content (AvgIpc) is 2.60. The molecule has 1 aromatic carbocycles. The molecule has 1 unspecified atom stereocenters. The highest BCUT2D eigenvalue weighted by atomic mass is 32.2. The number of hydrogen-bond donors (Lipinski definition) is 0. The first-order valence-electron chi connectivity index (χ1n) is 8.60. The van der Waals surface area contributed by atoms with E-state index >= 15 is 0 Å². The third kappa shape index (κ3) is 5.09. The molecule has 0 radical (unpaired) electrons. The van der Waals surface area contributed by atoms with E-state index in [-0.39, 0.29) is 25.4 Å². The van der Waals surface area contributed by atoms with Crippen molar-refractivity contribution in [2.45, 2.75) is 19.9 Å². The largest absolute Gasteiger partial charge is 0.450 e.